The highest BCUT2D eigenvalue weighted by Gasteiger charge is 2.39. The second-order valence-corrected chi connectivity index (χ2v) is 6.53. The molecule has 0 aromatic heterocycles. The molecule has 2 nitrogen and oxygen atoms in total. The molecule has 2 fully saturated rings. The van der Waals surface area contributed by atoms with Crippen LogP contribution in [-0.2, 0) is 0 Å². The molecule has 2 saturated carbocycles. The Morgan fingerprint density at radius 3 is 2.42 bits per heavy atom. The van der Waals surface area contributed by atoms with Gasteiger partial charge in [-0.3, -0.25) is 4.90 Å². The van der Waals surface area contributed by atoms with E-state index in [9.17, 15) is 0 Å². The van der Waals surface area contributed by atoms with Gasteiger partial charge in [0.15, 0.2) is 0 Å². The zero-order valence-electron chi connectivity index (χ0n) is 12.2. The van der Waals surface area contributed by atoms with Crippen molar-refractivity contribution >= 4 is 0 Å². The Labute approximate surface area is 117 Å². The van der Waals surface area contributed by atoms with Gasteiger partial charge in [-0.25, -0.2) is 0 Å². The summed E-state index contributed by atoms with van der Waals surface area (Å²) in [4.78, 5) is 2.71. The van der Waals surface area contributed by atoms with E-state index in [4.69, 9.17) is 5.73 Å². The predicted molar refractivity (Wildman–Crippen MR) is 80.0 cm³/mol. The van der Waals surface area contributed by atoms with Crippen molar-refractivity contribution in [2.75, 3.05) is 6.54 Å². The first-order valence-electron chi connectivity index (χ1n) is 7.73. The molecule has 0 aliphatic heterocycles. The molecule has 2 N–H and O–H groups in total. The fourth-order valence-corrected chi connectivity index (χ4v) is 3.18. The van der Waals surface area contributed by atoms with Crippen LogP contribution in [0.25, 0.3) is 0 Å². The van der Waals surface area contributed by atoms with E-state index in [1.54, 1.807) is 0 Å². The molecule has 0 bridgehead atoms. The third-order valence-electron chi connectivity index (χ3n) is 4.54. The molecular weight excluding hydrogens is 232 g/mol. The highest BCUT2D eigenvalue weighted by Crippen LogP contribution is 2.41. The molecule has 2 aliphatic rings. The summed E-state index contributed by atoms with van der Waals surface area (Å²) in [6.07, 6.45) is 5.56. The van der Waals surface area contributed by atoms with Gasteiger partial charge in [-0.1, -0.05) is 24.3 Å². The van der Waals surface area contributed by atoms with Crippen molar-refractivity contribution in [3.63, 3.8) is 0 Å². The number of rotatable bonds is 6. The Balaban J connectivity index is 1.87. The van der Waals surface area contributed by atoms with Gasteiger partial charge in [0.1, 0.15) is 0 Å². The van der Waals surface area contributed by atoms with Gasteiger partial charge in [0, 0.05) is 18.6 Å². The highest BCUT2D eigenvalue weighted by molar-refractivity contribution is 5.30. The van der Waals surface area contributed by atoms with Gasteiger partial charge in [0.25, 0.3) is 0 Å². The Bertz CT molecular complexity index is 433. The van der Waals surface area contributed by atoms with Crippen LogP contribution in [0, 0.1) is 12.8 Å². The minimum atomic E-state index is 0.195. The summed E-state index contributed by atoms with van der Waals surface area (Å²) < 4.78 is 0. The molecule has 1 aromatic rings. The normalized spacial score (nSPS) is 22.5. The zero-order chi connectivity index (χ0) is 13.4. The maximum absolute atomic E-state index is 6.36. The predicted octanol–water partition coefficient (Wildman–Crippen LogP) is 3.26. The summed E-state index contributed by atoms with van der Waals surface area (Å²) in [7, 11) is 0. The average Bonchev–Trinajstić information content (AvgIpc) is 3.25. The van der Waals surface area contributed by atoms with Gasteiger partial charge in [-0.05, 0) is 56.6 Å². The summed E-state index contributed by atoms with van der Waals surface area (Å²) in [5, 5.41) is 0. The van der Waals surface area contributed by atoms with Gasteiger partial charge in [-0.2, -0.15) is 0 Å². The number of aryl methyl sites for hydroxylation is 1. The molecular formula is C17H26N2. The lowest BCUT2D eigenvalue weighted by atomic mass is 9.94. The number of nitrogens with zero attached hydrogens (tertiary/aromatic N) is 1. The molecule has 0 heterocycles. The first-order chi connectivity index (χ1) is 9.16. The monoisotopic (exact) mass is 258 g/mol. The maximum Gasteiger partial charge on any atom is 0.0502 e. The van der Waals surface area contributed by atoms with Gasteiger partial charge in [-0.15, -0.1) is 0 Å². The van der Waals surface area contributed by atoms with Crippen LogP contribution in [0.5, 0.6) is 0 Å². The van der Waals surface area contributed by atoms with E-state index in [1.165, 1.54) is 43.4 Å². The Morgan fingerprint density at radius 2 is 1.89 bits per heavy atom. The van der Waals surface area contributed by atoms with Crippen LogP contribution in [0.2, 0.25) is 0 Å². The number of benzene rings is 1. The van der Waals surface area contributed by atoms with Crippen LogP contribution in [0.4, 0.5) is 0 Å². The lowest BCUT2D eigenvalue weighted by molar-refractivity contribution is 0.158. The van der Waals surface area contributed by atoms with Crippen molar-refractivity contribution in [3.05, 3.63) is 35.4 Å². The Kier molecular flexibility index (Phi) is 3.64. The van der Waals surface area contributed by atoms with Gasteiger partial charge in [0.05, 0.1) is 6.04 Å². The molecule has 2 atom stereocenters. The van der Waals surface area contributed by atoms with E-state index >= 15 is 0 Å². The number of hydrogen-bond acceptors (Lipinski definition) is 2. The largest absolute Gasteiger partial charge is 0.326 e. The first-order valence-corrected chi connectivity index (χ1v) is 7.73. The number of nitrogens with two attached hydrogens (primary N) is 1. The molecule has 2 heteroatoms. The van der Waals surface area contributed by atoms with E-state index < -0.39 is 0 Å². The maximum atomic E-state index is 6.36. The van der Waals surface area contributed by atoms with Crippen LogP contribution < -0.4 is 5.73 Å². The van der Waals surface area contributed by atoms with E-state index in [0.717, 1.165) is 12.0 Å². The van der Waals surface area contributed by atoms with E-state index in [2.05, 4.69) is 43.0 Å². The molecule has 0 amide bonds. The average molecular weight is 258 g/mol. The lowest BCUT2D eigenvalue weighted by Crippen LogP contribution is -2.42. The molecule has 3 rings (SSSR count). The summed E-state index contributed by atoms with van der Waals surface area (Å²) in [6.45, 7) is 5.64. The molecule has 0 saturated heterocycles. The Hall–Kier alpha value is -0.860. The van der Waals surface area contributed by atoms with Gasteiger partial charge >= 0.3 is 0 Å². The van der Waals surface area contributed by atoms with E-state index in [1.807, 2.05) is 0 Å². The van der Waals surface area contributed by atoms with E-state index in [-0.39, 0.29) is 6.04 Å². The second kappa shape index (κ2) is 5.26. The molecule has 0 radical (unpaired) electrons. The fraction of sp³-hybridized carbons (Fsp3) is 0.647. The van der Waals surface area contributed by atoms with Crippen LogP contribution in [-0.4, -0.2) is 23.5 Å². The minimum absolute atomic E-state index is 0.195. The van der Waals surface area contributed by atoms with Crippen molar-refractivity contribution in [1.82, 2.24) is 4.90 Å². The highest BCUT2D eigenvalue weighted by atomic mass is 15.2. The Morgan fingerprint density at radius 1 is 1.21 bits per heavy atom. The van der Waals surface area contributed by atoms with Crippen LogP contribution >= 0.6 is 0 Å². The van der Waals surface area contributed by atoms with Crippen molar-refractivity contribution in [3.8, 4) is 0 Å². The van der Waals surface area contributed by atoms with Crippen molar-refractivity contribution in [2.24, 2.45) is 11.7 Å². The third-order valence-corrected chi connectivity index (χ3v) is 4.54. The minimum Gasteiger partial charge on any atom is -0.326 e. The molecule has 2 unspecified atom stereocenters. The molecule has 2 aliphatic carbocycles. The van der Waals surface area contributed by atoms with Crippen LogP contribution in [0.1, 0.15) is 49.8 Å². The number of hydrogen-bond donors (Lipinski definition) is 1. The summed E-state index contributed by atoms with van der Waals surface area (Å²) in [6, 6.07) is 10.1. The zero-order valence-corrected chi connectivity index (χ0v) is 12.2. The van der Waals surface area contributed by atoms with Crippen molar-refractivity contribution in [1.29, 1.82) is 0 Å². The summed E-state index contributed by atoms with van der Waals surface area (Å²) in [5.41, 5.74) is 9.17. The first kappa shape index (κ1) is 13.1. The lowest BCUT2D eigenvalue weighted by Gasteiger charge is -2.36. The third kappa shape index (κ3) is 3.01. The summed E-state index contributed by atoms with van der Waals surface area (Å²) in [5.74, 6) is 0.936. The topological polar surface area (TPSA) is 29.3 Å². The SMILES string of the molecule is Cc1ccccc1C(C(C)N)N(CC1CC1)C1CC1. The van der Waals surface area contributed by atoms with Gasteiger partial charge < -0.3 is 5.73 Å². The second-order valence-electron chi connectivity index (χ2n) is 6.53. The molecule has 104 valence electrons. The standard InChI is InChI=1S/C17H26N2/c1-12-5-3-4-6-16(12)17(13(2)18)19(15-9-10-15)11-14-7-8-14/h3-6,13-15,17H,7-11,18H2,1-2H3. The molecule has 1 aromatic carbocycles. The molecule has 0 spiro atoms. The quantitative estimate of drug-likeness (QED) is 0.848. The van der Waals surface area contributed by atoms with Crippen molar-refractivity contribution in [2.45, 2.75) is 57.7 Å². The smallest absolute Gasteiger partial charge is 0.0502 e. The van der Waals surface area contributed by atoms with Crippen molar-refractivity contribution < 1.29 is 0 Å². The summed E-state index contributed by atoms with van der Waals surface area (Å²) >= 11 is 0. The van der Waals surface area contributed by atoms with Crippen LogP contribution in [0.3, 0.4) is 0 Å². The fourth-order valence-electron chi connectivity index (χ4n) is 3.18. The van der Waals surface area contributed by atoms with Gasteiger partial charge in [0.2, 0.25) is 0 Å². The van der Waals surface area contributed by atoms with Crippen LogP contribution in [0.15, 0.2) is 24.3 Å². The van der Waals surface area contributed by atoms with E-state index in [0.29, 0.717) is 6.04 Å². The molecule has 19 heavy (non-hydrogen) atoms.